The molecule has 2 rings (SSSR count). The summed E-state index contributed by atoms with van der Waals surface area (Å²) in [5.41, 5.74) is 0.239. The molecule has 0 aromatic carbocycles. The van der Waals surface area contributed by atoms with Gasteiger partial charge in [0.2, 0.25) is 0 Å². The molecule has 0 bridgehead atoms. The van der Waals surface area contributed by atoms with Gasteiger partial charge in [-0.2, -0.15) is 0 Å². The fraction of sp³-hybridized carbons (Fsp3) is 0.714. The molecule has 6 heteroatoms. The third-order valence-electron chi connectivity index (χ3n) is 3.90. The van der Waals surface area contributed by atoms with Gasteiger partial charge >= 0.3 is 5.97 Å². The summed E-state index contributed by atoms with van der Waals surface area (Å²) in [6, 6.07) is 1.87. The Balaban J connectivity index is 1.96. The fourth-order valence-electron chi connectivity index (χ4n) is 2.93. The van der Waals surface area contributed by atoms with Crippen LogP contribution in [0.1, 0.15) is 37.6 Å². The second kappa shape index (κ2) is 6.37. The van der Waals surface area contributed by atoms with Gasteiger partial charge < -0.3 is 14.4 Å². The summed E-state index contributed by atoms with van der Waals surface area (Å²) >= 11 is 0. The van der Waals surface area contributed by atoms with Crippen molar-refractivity contribution in [1.82, 2.24) is 10.1 Å². The Morgan fingerprint density at radius 3 is 3.10 bits per heavy atom. The second-order valence-corrected chi connectivity index (χ2v) is 5.51. The predicted octanol–water partition coefficient (Wildman–Crippen LogP) is 1.90. The van der Waals surface area contributed by atoms with Gasteiger partial charge in [-0.3, -0.25) is 9.69 Å². The zero-order valence-corrected chi connectivity index (χ0v) is 12.1. The number of carboxylic acid groups (broad SMARTS) is 1. The van der Waals surface area contributed by atoms with Gasteiger partial charge in [0.25, 0.3) is 0 Å². The third-order valence-corrected chi connectivity index (χ3v) is 3.90. The van der Waals surface area contributed by atoms with Crippen molar-refractivity contribution in [3.8, 4) is 0 Å². The van der Waals surface area contributed by atoms with Gasteiger partial charge in [-0.25, -0.2) is 0 Å². The molecule has 1 N–H and O–H groups in total. The number of methoxy groups -OCH3 is 1. The molecule has 6 nitrogen and oxygen atoms in total. The van der Waals surface area contributed by atoms with E-state index in [4.69, 9.17) is 9.26 Å². The van der Waals surface area contributed by atoms with Crippen LogP contribution in [0.25, 0.3) is 0 Å². The Labute approximate surface area is 118 Å². The van der Waals surface area contributed by atoms with E-state index in [9.17, 15) is 9.90 Å². The van der Waals surface area contributed by atoms with Crippen molar-refractivity contribution in [3.05, 3.63) is 17.5 Å². The Kier molecular flexibility index (Phi) is 4.77. The Morgan fingerprint density at radius 2 is 2.45 bits per heavy atom. The van der Waals surface area contributed by atoms with Crippen LogP contribution in [0.4, 0.5) is 0 Å². The molecule has 1 fully saturated rings. The molecule has 112 valence electrons. The molecular weight excluding hydrogens is 260 g/mol. The highest BCUT2D eigenvalue weighted by molar-refractivity contribution is 5.75. The number of carboxylic acids is 1. The van der Waals surface area contributed by atoms with Gasteiger partial charge in [0.15, 0.2) is 5.76 Å². The number of carbonyl (C=O) groups is 1. The Bertz CT molecular complexity index is 460. The fourth-order valence-corrected chi connectivity index (χ4v) is 2.93. The normalized spacial score (nSPS) is 23.3. The zero-order valence-electron chi connectivity index (χ0n) is 12.1. The van der Waals surface area contributed by atoms with E-state index in [2.05, 4.69) is 10.1 Å². The van der Waals surface area contributed by atoms with Gasteiger partial charge in [0.1, 0.15) is 6.61 Å². The van der Waals surface area contributed by atoms with Crippen LogP contribution in [0.5, 0.6) is 0 Å². The number of nitrogens with zero attached hydrogens (tertiary/aromatic N) is 2. The van der Waals surface area contributed by atoms with Crippen LogP contribution in [0.2, 0.25) is 0 Å². The van der Waals surface area contributed by atoms with E-state index >= 15 is 0 Å². The Morgan fingerprint density at radius 1 is 1.65 bits per heavy atom. The van der Waals surface area contributed by atoms with E-state index in [1.807, 2.05) is 13.0 Å². The first-order valence-electron chi connectivity index (χ1n) is 6.99. The molecule has 0 aliphatic carbocycles. The van der Waals surface area contributed by atoms with E-state index in [0.717, 1.165) is 25.1 Å². The van der Waals surface area contributed by atoms with E-state index in [1.54, 1.807) is 7.11 Å². The maximum atomic E-state index is 11.5. The standard InChI is InChI=1S/C14H22N2O4/c1-3-4-14(13(17)18)5-6-16(10-14)8-11-7-12(9-19-2)20-15-11/h7H,3-6,8-10H2,1-2H3,(H,17,18). The molecule has 0 spiro atoms. The third kappa shape index (κ3) is 3.19. The summed E-state index contributed by atoms with van der Waals surface area (Å²) in [5.74, 6) is 0.0156. The van der Waals surface area contributed by atoms with Crippen LogP contribution in [0.15, 0.2) is 10.6 Å². The molecule has 1 aromatic heterocycles. The van der Waals surface area contributed by atoms with Crippen LogP contribution in [0.3, 0.4) is 0 Å². The molecule has 0 radical (unpaired) electrons. The van der Waals surface area contributed by atoms with Crippen molar-refractivity contribution in [1.29, 1.82) is 0 Å². The zero-order chi connectivity index (χ0) is 14.6. The first kappa shape index (κ1) is 15.0. The number of rotatable bonds is 7. The maximum absolute atomic E-state index is 11.5. The molecule has 1 aliphatic heterocycles. The van der Waals surface area contributed by atoms with Gasteiger partial charge in [0.05, 0.1) is 11.1 Å². The molecule has 1 saturated heterocycles. The highest BCUT2D eigenvalue weighted by Gasteiger charge is 2.43. The molecule has 20 heavy (non-hydrogen) atoms. The summed E-state index contributed by atoms with van der Waals surface area (Å²) < 4.78 is 10.1. The minimum Gasteiger partial charge on any atom is -0.481 e. The quantitative estimate of drug-likeness (QED) is 0.823. The molecule has 1 atom stereocenters. The highest BCUT2D eigenvalue weighted by atomic mass is 16.5. The van der Waals surface area contributed by atoms with E-state index in [-0.39, 0.29) is 0 Å². The summed E-state index contributed by atoms with van der Waals surface area (Å²) in [4.78, 5) is 13.7. The summed E-state index contributed by atoms with van der Waals surface area (Å²) in [6.07, 6.45) is 2.33. The van der Waals surface area contributed by atoms with E-state index < -0.39 is 11.4 Å². The van der Waals surface area contributed by atoms with Gasteiger partial charge in [0, 0.05) is 26.3 Å². The number of likely N-dealkylation sites (tertiary alicyclic amines) is 1. The second-order valence-electron chi connectivity index (χ2n) is 5.51. The van der Waals surface area contributed by atoms with Crippen molar-refractivity contribution in [3.63, 3.8) is 0 Å². The van der Waals surface area contributed by atoms with Gasteiger partial charge in [-0.15, -0.1) is 0 Å². The first-order chi connectivity index (χ1) is 9.59. The highest BCUT2D eigenvalue weighted by Crippen LogP contribution is 2.36. The predicted molar refractivity (Wildman–Crippen MR) is 72.1 cm³/mol. The lowest BCUT2D eigenvalue weighted by atomic mass is 9.83. The monoisotopic (exact) mass is 282 g/mol. The largest absolute Gasteiger partial charge is 0.481 e. The molecular formula is C14H22N2O4. The van der Waals surface area contributed by atoms with Crippen molar-refractivity contribution in [2.75, 3.05) is 20.2 Å². The van der Waals surface area contributed by atoms with Crippen LogP contribution in [0, 0.1) is 5.41 Å². The summed E-state index contributed by atoms with van der Waals surface area (Å²) in [7, 11) is 1.61. The number of aliphatic carboxylic acids is 1. The summed E-state index contributed by atoms with van der Waals surface area (Å²) in [6.45, 7) is 4.44. The lowest BCUT2D eigenvalue weighted by Gasteiger charge is -2.23. The van der Waals surface area contributed by atoms with Crippen molar-refractivity contribution < 1.29 is 19.2 Å². The van der Waals surface area contributed by atoms with Crippen LogP contribution < -0.4 is 0 Å². The van der Waals surface area contributed by atoms with Crippen molar-refractivity contribution >= 4 is 5.97 Å². The van der Waals surface area contributed by atoms with Crippen molar-refractivity contribution in [2.24, 2.45) is 5.41 Å². The lowest BCUT2D eigenvalue weighted by molar-refractivity contribution is -0.148. The van der Waals surface area contributed by atoms with Gasteiger partial charge in [-0.05, 0) is 19.4 Å². The average Bonchev–Trinajstić information content (AvgIpc) is 2.99. The molecule has 0 saturated carbocycles. The number of hydrogen-bond acceptors (Lipinski definition) is 5. The minimum absolute atomic E-state index is 0.405. The molecule has 1 unspecified atom stereocenters. The number of aromatic nitrogens is 1. The molecule has 1 aliphatic rings. The van der Waals surface area contributed by atoms with Gasteiger partial charge in [-0.1, -0.05) is 18.5 Å². The molecule has 1 aromatic rings. The average molecular weight is 282 g/mol. The first-order valence-corrected chi connectivity index (χ1v) is 6.99. The van der Waals surface area contributed by atoms with Crippen LogP contribution in [-0.2, 0) is 22.7 Å². The number of hydrogen-bond donors (Lipinski definition) is 1. The van der Waals surface area contributed by atoms with Crippen LogP contribution >= 0.6 is 0 Å². The number of ether oxygens (including phenoxy) is 1. The summed E-state index contributed by atoms with van der Waals surface area (Å²) in [5, 5.41) is 13.5. The lowest BCUT2D eigenvalue weighted by Crippen LogP contribution is -2.34. The molecule has 0 amide bonds. The minimum atomic E-state index is -0.679. The SMILES string of the molecule is CCCC1(C(=O)O)CCN(Cc2cc(COC)on2)C1. The Hall–Kier alpha value is -1.40. The van der Waals surface area contributed by atoms with Crippen molar-refractivity contribution in [2.45, 2.75) is 39.3 Å². The molecule has 2 heterocycles. The smallest absolute Gasteiger partial charge is 0.310 e. The topological polar surface area (TPSA) is 75.8 Å². The maximum Gasteiger partial charge on any atom is 0.310 e. The van der Waals surface area contributed by atoms with E-state index in [0.29, 0.717) is 31.9 Å². The van der Waals surface area contributed by atoms with E-state index in [1.165, 1.54) is 0 Å². The van der Waals surface area contributed by atoms with Crippen LogP contribution in [-0.4, -0.2) is 41.3 Å².